The van der Waals surface area contributed by atoms with Crippen LogP contribution in [0.2, 0.25) is 0 Å². The van der Waals surface area contributed by atoms with E-state index in [0.29, 0.717) is 25.2 Å². The molecule has 6 heteroatoms. The number of carbonyl (C=O) groups is 2. The molecule has 0 radical (unpaired) electrons. The van der Waals surface area contributed by atoms with Crippen LogP contribution < -0.4 is 15.5 Å². The molecule has 0 bridgehead atoms. The molecule has 1 aromatic heterocycles. The van der Waals surface area contributed by atoms with Gasteiger partial charge in [-0.15, -0.1) is 0 Å². The van der Waals surface area contributed by atoms with Gasteiger partial charge in [0, 0.05) is 42.8 Å². The Bertz CT molecular complexity index is 1090. The number of nitrogens with zero attached hydrogens (tertiary/aromatic N) is 2. The maximum atomic E-state index is 13.0. The van der Waals surface area contributed by atoms with Gasteiger partial charge in [0.15, 0.2) is 0 Å². The van der Waals surface area contributed by atoms with Crippen molar-refractivity contribution >= 4 is 17.5 Å². The van der Waals surface area contributed by atoms with E-state index in [1.165, 1.54) is 5.56 Å². The van der Waals surface area contributed by atoms with E-state index < -0.39 is 0 Å². The molecule has 1 aliphatic rings. The molecule has 2 heterocycles. The molecule has 3 aromatic rings. The van der Waals surface area contributed by atoms with E-state index in [9.17, 15) is 9.59 Å². The van der Waals surface area contributed by atoms with Gasteiger partial charge in [0.05, 0.1) is 6.54 Å². The molecule has 0 unspecified atom stereocenters. The number of anilines is 1. The summed E-state index contributed by atoms with van der Waals surface area (Å²) in [5.74, 6) is -0.178. The largest absolute Gasteiger partial charge is 0.348 e. The summed E-state index contributed by atoms with van der Waals surface area (Å²) in [5.41, 5.74) is 6.23. The van der Waals surface area contributed by atoms with Gasteiger partial charge in [0.25, 0.3) is 5.91 Å². The summed E-state index contributed by atoms with van der Waals surface area (Å²) < 4.78 is 0. The molecule has 1 fully saturated rings. The smallest absolute Gasteiger partial charge is 0.251 e. The molecule has 6 nitrogen and oxygen atoms in total. The molecule has 2 amide bonds. The molecule has 158 valence electrons. The van der Waals surface area contributed by atoms with Gasteiger partial charge < -0.3 is 15.5 Å². The van der Waals surface area contributed by atoms with Crippen LogP contribution in [0.15, 0.2) is 60.8 Å². The van der Waals surface area contributed by atoms with Crippen LogP contribution in [0.25, 0.3) is 11.1 Å². The van der Waals surface area contributed by atoms with Crippen LogP contribution in [0.3, 0.4) is 0 Å². The van der Waals surface area contributed by atoms with Crippen LogP contribution in [0.4, 0.5) is 5.69 Å². The van der Waals surface area contributed by atoms with Gasteiger partial charge >= 0.3 is 0 Å². The fraction of sp³-hybridized carbons (Fsp3) is 0.240. The van der Waals surface area contributed by atoms with Crippen molar-refractivity contribution in [1.29, 1.82) is 0 Å². The zero-order chi connectivity index (χ0) is 21.8. The summed E-state index contributed by atoms with van der Waals surface area (Å²) in [6, 6.07) is 17.7. The summed E-state index contributed by atoms with van der Waals surface area (Å²) in [6.07, 6.45) is 1.77. The lowest BCUT2D eigenvalue weighted by Crippen LogP contribution is -2.48. The molecule has 31 heavy (non-hydrogen) atoms. The third-order valence-corrected chi connectivity index (χ3v) is 5.39. The van der Waals surface area contributed by atoms with Gasteiger partial charge in [0.2, 0.25) is 5.91 Å². The number of nitrogens with one attached hydrogen (secondary N) is 2. The first-order valence-corrected chi connectivity index (χ1v) is 10.4. The van der Waals surface area contributed by atoms with E-state index in [0.717, 1.165) is 34.6 Å². The van der Waals surface area contributed by atoms with Crippen LogP contribution in [-0.2, 0) is 11.3 Å². The number of amides is 2. The fourth-order valence-corrected chi connectivity index (χ4v) is 3.58. The molecule has 0 saturated carbocycles. The molecule has 4 rings (SSSR count). The van der Waals surface area contributed by atoms with Gasteiger partial charge in [0.1, 0.15) is 0 Å². The normalized spacial score (nSPS) is 13.9. The first-order chi connectivity index (χ1) is 15.0. The average molecular weight is 415 g/mol. The minimum Gasteiger partial charge on any atom is -0.348 e. The van der Waals surface area contributed by atoms with Gasteiger partial charge in [-0.3, -0.25) is 14.6 Å². The second kappa shape index (κ2) is 9.10. The van der Waals surface area contributed by atoms with Crippen molar-refractivity contribution in [2.45, 2.75) is 20.4 Å². The van der Waals surface area contributed by atoms with Crippen molar-refractivity contribution in [3.63, 3.8) is 0 Å². The predicted octanol–water partition coefficient (Wildman–Crippen LogP) is 3.23. The standard InChI is InChI=1S/C25H26N4O2/c1-17-3-7-20(8-4-17)21-11-22(13-23(12-21)29-10-9-26-16-24(29)30)25(31)28-15-19-6-5-18(2)27-14-19/h3-8,11-14,26H,9-10,15-16H2,1-2H3,(H,28,31). The van der Waals surface area contributed by atoms with E-state index in [4.69, 9.17) is 0 Å². The Morgan fingerprint density at radius 2 is 1.87 bits per heavy atom. The Morgan fingerprint density at radius 3 is 2.58 bits per heavy atom. The molecule has 2 N–H and O–H groups in total. The number of benzene rings is 2. The number of carbonyl (C=O) groups excluding carboxylic acids is 2. The Hall–Kier alpha value is -3.51. The molecule has 0 aliphatic carbocycles. The zero-order valence-electron chi connectivity index (χ0n) is 17.8. The average Bonchev–Trinajstić information content (AvgIpc) is 2.79. The minimum absolute atomic E-state index is 0.00407. The Morgan fingerprint density at radius 1 is 1.06 bits per heavy atom. The SMILES string of the molecule is Cc1ccc(-c2cc(C(=O)NCc3ccc(C)nc3)cc(N3CCNCC3=O)c2)cc1. The van der Waals surface area contributed by atoms with Gasteiger partial charge in [-0.1, -0.05) is 35.9 Å². The van der Waals surface area contributed by atoms with E-state index in [-0.39, 0.29) is 11.8 Å². The molecule has 1 aliphatic heterocycles. The predicted molar refractivity (Wildman–Crippen MR) is 122 cm³/mol. The topological polar surface area (TPSA) is 74.3 Å². The second-order valence-corrected chi connectivity index (χ2v) is 7.85. The first kappa shape index (κ1) is 20.8. The van der Waals surface area contributed by atoms with E-state index in [1.807, 2.05) is 62.4 Å². The number of hydrogen-bond donors (Lipinski definition) is 2. The quantitative estimate of drug-likeness (QED) is 0.672. The maximum absolute atomic E-state index is 13.0. The molecule has 0 atom stereocenters. The summed E-state index contributed by atoms with van der Waals surface area (Å²) in [5, 5.41) is 6.06. The third-order valence-electron chi connectivity index (χ3n) is 5.39. The van der Waals surface area contributed by atoms with Crippen molar-refractivity contribution in [3.8, 4) is 11.1 Å². The van der Waals surface area contributed by atoms with Crippen molar-refractivity contribution in [3.05, 3.63) is 83.2 Å². The molecule has 2 aromatic carbocycles. The van der Waals surface area contributed by atoms with Crippen LogP contribution in [-0.4, -0.2) is 36.4 Å². The van der Waals surface area contributed by atoms with Crippen molar-refractivity contribution in [1.82, 2.24) is 15.6 Å². The highest BCUT2D eigenvalue weighted by Gasteiger charge is 2.21. The van der Waals surface area contributed by atoms with Crippen molar-refractivity contribution in [2.24, 2.45) is 0 Å². The number of hydrogen-bond acceptors (Lipinski definition) is 4. The lowest BCUT2D eigenvalue weighted by atomic mass is 10.00. The van der Waals surface area contributed by atoms with Crippen molar-refractivity contribution in [2.75, 3.05) is 24.5 Å². The Balaban J connectivity index is 1.64. The zero-order valence-corrected chi connectivity index (χ0v) is 17.8. The van der Waals surface area contributed by atoms with Gasteiger partial charge in [-0.05, 0) is 54.8 Å². The highest BCUT2D eigenvalue weighted by Crippen LogP contribution is 2.28. The van der Waals surface area contributed by atoms with E-state index >= 15 is 0 Å². The number of piperazine rings is 1. The van der Waals surface area contributed by atoms with Crippen molar-refractivity contribution < 1.29 is 9.59 Å². The second-order valence-electron chi connectivity index (χ2n) is 7.85. The van der Waals surface area contributed by atoms with Crippen LogP contribution in [0.1, 0.15) is 27.2 Å². The highest BCUT2D eigenvalue weighted by molar-refractivity contribution is 6.00. The highest BCUT2D eigenvalue weighted by atomic mass is 16.2. The van der Waals surface area contributed by atoms with Crippen LogP contribution in [0, 0.1) is 13.8 Å². The van der Waals surface area contributed by atoms with Gasteiger partial charge in [-0.2, -0.15) is 0 Å². The van der Waals surface area contributed by atoms with Crippen LogP contribution in [0.5, 0.6) is 0 Å². The van der Waals surface area contributed by atoms with Gasteiger partial charge in [-0.25, -0.2) is 0 Å². The summed E-state index contributed by atoms with van der Waals surface area (Å²) in [6.45, 7) is 5.96. The Kier molecular flexibility index (Phi) is 6.09. The monoisotopic (exact) mass is 414 g/mol. The molecule has 0 spiro atoms. The molecular weight excluding hydrogens is 388 g/mol. The van der Waals surface area contributed by atoms with E-state index in [1.54, 1.807) is 17.2 Å². The molecule has 1 saturated heterocycles. The minimum atomic E-state index is -0.182. The lowest BCUT2D eigenvalue weighted by Gasteiger charge is -2.28. The lowest BCUT2D eigenvalue weighted by molar-refractivity contribution is -0.118. The number of rotatable bonds is 5. The summed E-state index contributed by atoms with van der Waals surface area (Å²) in [7, 11) is 0. The third kappa shape index (κ3) is 4.98. The fourth-order valence-electron chi connectivity index (χ4n) is 3.58. The molecular formula is C25H26N4O2. The Labute approximate surface area is 182 Å². The van der Waals surface area contributed by atoms with E-state index in [2.05, 4.69) is 15.6 Å². The number of aromatic nitrogens is 1. The maximum Gasteiger partial charge on any atom is 0.251 e. The summed E-state index contributed by atoms with van der Waals surface area (Å²) in [4.78, 5) is 31.5. The van der Waals surface area contributed by atoms with Crippen LogP contribution >= 0.6 is 0 Å². The first-order valence-electron chi connectivity index (χ1n) is 10.4. The number of aryl methyl sites for hydroxylation is 2. The summed E-state index contributed by atoms with van der Waals surface area (Å²) >= 11 is 0. The number of pyridine rings is 1.